The van der Waals surface area contributed by atoms with Crippen LogP contribution in [0.15, 0.2) is 107 Å². The Labute approximate surface area is 226 Å². The van der Waals surface area contributed by atoms with E-state index >= 15 is 0 Å². The maximum absolute atomic E-state index is 13.5. The number of benzene rings is 4. The standard InChI is InChI=1S/C32H27FN2O2S/c1-22-6-8-23(9-7-22)18-19-34-31(36)26-14-10-24(11-15-26)20-30-32(37)35(21-25-12-16-27(33)17-13-25)28-4-2-3-5-29(28)38-30/h2-17,20H,18-19,21H2,1H3,(H,34,36)/b30-20-. The van der Waals surface area contributed by atoms with E-state index in [4.69, 9.17) is 0 Å². The van der Waals surface area contributed by atoms with Crippen LogP contribution in [0, 0.1) is 12.7 Å². The smallest absolute Gasteiger partial charge is 0.265 e. The number of carbonyl (C=O) groups excluding carboxylic acids is 2. The van der Waals surface area contributed by atoms with Crippen molar-refractivity contribution in [2.24, 2.45) is 0 Å². The molecule has 5 rings (SSSR count). The summed E-state index contributed by atoms with van der Waals surface area (Å²) in [5, 5.41) is 2.97. The van der Waals surface area contributed by atoms with Crippen LogP contribution < -0.4 is 10.2 Å². The first kappa shape index (κ1) is 25.5. The van der Waals surface area contributed by atoms with Crippen molar-refractivity contribution in [1.82, 2.24) is 5.32 Å². The van der Waals surface area contributed by atoms with E-state index in [1.165, 1.54) is 35.0 Å². The molecule has 190 valence electrons. The first-order chi connectivity index (χ1) is 18.5. The molecule has 0 radical (unpaired) electrons. The van der Waals surface area contributed by atoms with Crippen molar-refractivity contribution in [2.75, 3.05) is 11.4 Å². The molecule has 38 heavy (non-hydrogen) atoms. The highest BCUT2D eigenvalue weighted by atomic mass is 32.2. The average Bonchev–Trinajstić information content (AvgIpc) is 2.93. The lowest BCUT2D eigenvalue weighted by molar-refractivity contribution is -0.114. The molecule has 0 spiro atoms. The Bertz CT molecular complexity index is 1480. The van der Waals surface area contributed by atoms with Gasteiger partial charge in [0.25, 0.3) is 11.8 Å². The van der Waals surface area contributed by atoms with Gasteiger partial charge in [-0.15, -0.1) is 0 Å². The van der Waals surface area contributed by atoms with Crippen LogP contribution in [0.3, 0.4) is 0 Å². The highest BCUT2D eigenvalue weighted by Gasteiger charge is 2.29. The predicted octanol–water partition coefficient (Wildman–Crippen LogP) is 6.79. The van der Waals surface area contributed by atoms with E-state index in [0.29, 0.717) is 23.6 Å². The highest BCUT2D eigenvalue weighted by Crippen LogP contribution is 2.42. The minimum absolute atomic E-state index is 0.115. The van der Waals surface area contributed by atoms with Crippen LogP contribution in [-0.4, -0.2) is 18.4 Å². The molecule has 1 aliphatic rings. The summed E-state index contributed by atoms with van der Waals surface area (Å²) in [6.45, 7) is 2.95. The van der Waals surface area contributed by atoms with Gasteiger partial charge in [-0.3, -0.25) is 9.59 Å². The normalized spacial score (nSPS) is 13.9. The van der Waals surface area contributed by atoms with Gasteiger partial charge in [0, 0.05) is 17.0 Å². The third-order valence-corrected chi connectivity index (χ3v) is 7.45. The minimum Gasteiger partial charge on any atom is -0.352 e. The van der Waals surface area contributed by atoms with Crippen molar-refractivity contribution in [2.45, 2.75) is 24.8 Å². The number of aryl methyl sites for hydroxylation is 1. The van der Waals surface area contributed by atoms with Crippen LogP contribution in [0.2, 0.25) is 0 Å². The number of fused-ring (bicyclic) bond motifs is 1. The van der Waals surface area contributed by atoms with Crippen molar-refractivity contribution in [1.29, 1.82) is 0 Å². The van der Waals surface area contributed by atoms with Gasteiger partial charge in [-0.1, -0.05) is 78.0 Å². The van der Waals surface area contributed by atoms with E-state index < -0.39 is 0 Å². The zero-order valence-corrected chi connectivity index (χ0v) is 21.8. The first-order valence-electron chi connectivity index (χ1n) is 12.4. The molecule has 0 bridgehead atoms. The maximum Gasteiger partial charge on any atom is 0.265 e. The van der Waals surface area contributed by atoms with Crippen LogP contribution >= 0.6 is 11.8 Å². The van der Waals surface area contributed by atoms with Crippen LogP contribution in [0.1, 0.15) is 32.6 Å². The number of nitrogens with one attached hydrogen (secondary N) is 1. The number of carbonyl (C=O) groups is 2. The highest BCUT2D eigenvalue weighted by molar-refractivity contribution is 8.04. The number of rotatable bonds is 7. The molecule has 4 nitrogen and oxygen atoms in total. The van der Waals surface area contributed by atoms with E-state index in [0.717, 1.165) is 28.1 Å². The average molecular weight is 523 g/mol. The number of para-hydroxylation sites is 1. The van der Waals surface area contributed by atoms with Crippen LogP contribution in [0.5, 0.6) is 0 Å². The molecule has 2 amide bonds. The number of anilines is 1. The second-order valence-corrected chi connectivity index (χ2v) is 10.3. The topological polar surface area (TPSA) is 49.4 Å². The van der Waals surface area contributed by atoms with Crippen LogP contribution in [-0.2, 0) is 17.8 Å². The molecule has 1 heterocycles. The minimum atomic E-state index is -0.307. The Morgan fingerprint density at radius 3 is 2.32 bits per heavy atom. The van der Waals surface area contributed by atoms with Crippen LogP contribution in [0.25, 0.3) is 6.08 Å². The summed E-state index contributed by atoms with van der Waals surface area (Å²) in [4.78, 5) is 29.4. The lowest BCUT2D eigenvalue weighted by Crippen LogP contribution is -2.33. The summed E-state index contributed by atoms with van der Waals surface area (Å²) in [7, 11) is 0. The summed E-state index contributed by atoms with van der Waals surface area (Å²) < 4.78 is 13.4. The summed E-state index contributed by atoms with van der Waals surface area (Å²) in [6, 6.07) is 29.5. The number of hydrogen-bond donors (Lipinski definition) is 1. The zero-order chi connectivity index (χ0) is 26.5. The lowest BCUT2D eigenvalue weighted by Gasteiger charge is -2.30. The maximum atomic E-state index is 13.5. The molecule has 1 aliphatic heterocycles. The van der Waals surface area contributed by atoms with Gasteiger partial charge in [0.2, 0.25) is 0 Å². The summed E-state index contributed by atoms with van der Waals surface area (Å²) in [6.07, 6.45) is 2.62. The van der Waals surface area contributed by atoms with E-state index in [2.05, 4.69) is 36.5 Å². The molecule has 0 unspecified atom stereocenters. The van der Waals surface area contributed by atoms with Gasteiger partial charge in [-0.25, -0.2) is 4.39 Å². The van der Waals surface area contributed by atoms with Crippen molar-refractivity contribution < 1.29 is 14.0 Å². The van der Waals surface area contributed by atoms with Gasteiger partial charge in [-0.05, 0) is 72.5 Å². The molecule has 0 saturated heterocycles. The second kappa shape index (κ2) is 11.5. The fourth-order valence-corrected chi connectivity index (χ4v) is 5.31. The van der Waals surface area contributed by atoms with E-state index in [1.807, 2.05) is 42.5 Å². The van der Waals surface area contributed by atoms with Gasteiger partial charge in [0.1, 0.15) is 5.82 Å². The predicted molar refractivity (Wildman–Crippen MR) is 152 cm³/mol. The van der Waals surface area contributed by atoms with Gasteiger partial charge < -0.3 is 10.2 Å². The molecule has 0 aliphatic carbocycles. The Morgan fingerprint density at radius 2 is 1.58 bits per heavy atom. The van der Waals surface area contributed by atoms with E-state index in [9.17, 15) is 14.0 Å². The van der Waals surface area contributed by atoms with Crippen molar-refractivity contribution in [3.63, 3.8) is 0 Å². The number of thioether (sulfide) groups is 1. The zero-order valence-electron chi connectivity index (χ0n) is 21.0. The molecular formula is C32H27FN2O2S. The summed E-state index contributed by atoms with van der Waals surface area (Å²) >= 11 is 1.43. The Kier molecular flexibility index (Phi) is 7.70. The number of amides is 2. The quantitative estimate of drug-likeness (QED) is 0.272. The fourth-order valence-electron chi connectivity index (χ4n) is 4.25. The second-order valence-electron chi connectivity index (χ2n) is 9.21. The van der Waals surface area contributed by atoms with Crippen molar-refractivity contribution in [3.05, 3.63) is 136 Å². The molecular weight excluding hydrogens is 495 g/mol. The van der Waals surface area contributed by atoms with Gasteiger partial charge in [0.05, 0.1) is 17.1 Å². The Hall–Kier alpha value is -4.16. The number of hydrogen-bond acceptors (Lipinski definition) is 3. The Balaban J connectivity index is 1.28. The van der Waals surface area contributed by atoms with Gasteiger partial charge >= 0.3 is 0 Å². The number of halogens is 1. The van der Waals surface area contributed by atoms with E-state index in [-0.39, 0.29) is 17.6 Å². The molecule has 4 aromatic carbocycles. The van der Waals surface area contributed by atoms with E-state index in [1.54, 1.807) is 29.2 Å². The molecule has 0 saturated carbocycles. The molecule has 0 fully saturated rings. The Morgan fingerprint density at radius 1 is 0.895 bits per heavy atom. The van der Waals surface area contributed by atoms with Gasteiger partial charge in [0.15, 0.2) is 0 Å². The SMILES string of the molecule is Cc1ccc(CCNC(=O)c2ccc(/C=C3\Sc4ccccc4N(Cc4ccc(F)cc4)C3=O)cc2)cc1. The third kappa shape index (κ3) is 6.03. The molecule has 0 atom stereocenters. The third-order valence-electron chi connectivity index (χ3n) is 6.38. The molecule has 1 N–H and O–H groups in total. The summed E-state index contributed by atoms with van der Waals surface area (Å²) in [5.74, 6) is -0.548. The fraction of sp³-hybridized carbons (Fsp3) is 0.125. The molecule has 6 heteroatoms. The summed E-state index contributed by atoms with van der Waals surface area (Å²) in [5.41, 5.74) is 5.48. The lowest BCUT2D eigenvalue weighted by atomic mass is 10.1. The monoisotopic (exact) mass is 522 g/mol. The first-order valence-corrected chi connectivity index (χ1v) is 13.3. The number of nitrogens with zero attached hydrogens (tertiary/aromatic N) is 1. The molecule has 4 aromatic rings. The van der Waals surface area contributed by atoms with Gasteiger partial charge in [-0.2, -0.15) is 0 Å². The van der Waals surface area contributed by atoms with Crippen molar-refractivity contribution >= 4 is 35.3 Å². The largest absolute Gasteiger partial charge is 0.352 e. The molecule has 0 aromatic heterocycles. The van der Waals surface area contributed by atoms with Crippen LogP contribution in [0.4, 0.5) is 10.1 Å². The van der Waals surface area contributed by atoms with Crippen molar-refractivity contribution in [3.8, 4) is 0 Å².